The van der Waals surface area contributed by atoms with Gasteiger partial charge in [0.2, 0.25) is 0 Å². The molecule has 0 aromatic heterocycles. The predicted octanol–water partition coefficient (Wildman–Crippen LogP) is 3.47. The zero-order valence-corrected chi connectivity index (χ0v) is 12.5. The summed E-state index contributed by atoms with van der Waals surface area (Å²) in [5.74, 6) is 0. The van der Waals surface area contributed by atoms with Crippen LogP contribution in [0.4, 0.5) is 11.4 Å². The number of hydrogen-bond acceptors (Lipinski definition) is 3. The number of anilines is 2. The Morgan fingerprint density at radius 1 is 1.25 bits per heavy atom. The molecule has 4 heteroatoms. The Kier molecular flexibility index (Phi) is 3.37. The van der Waals surface area contributed by atoms with Gasteiger partial charge in [-0.3, -0.25) is 0 Å². The molecule has 3 nitrogen and oxygen atoms in total. The van der Waals surface area contributed by atoms with Crippen molar-refractivity contribution in [3.63, 3.8) is 0 Å². The first-order chi connectivity index (χ1) is 9.67. The fraction of sp³-hybridized carbons (Fsp3) is 0.188. The van der Waals surface area contributed by atoms with E-state index in [1.54, 1.807) is 0 Å². The highest BCUT2D eigenvalue weighted by Crippen LogP contribution is 2.30. The van der Waals surface area contributed by atoms with Crippen LogP contribution < -0.4 is 10.6 Å². The fourth-order valence-corrected chi connectivity index (χ4v) is 3.13. The molecule has 0 bridgehead atoms. The van der Waals surface area contributed by atoms with Crippen molar-refractivity contribution < 1.29 is 0 Å². The summed E-state index contributed by atoms with van der Waals surface area (Å²) in [6, 6.07) is 14.1. The largest absolute Gasteiger partial charge is 0.398 e. The highest BCUT2D eigenvalue weighted by atomic mass is 79.9. The van der Waals surface area contributed by atoms with Gasteiger partial charge in [0, 0.05) is 28.9 Å². The summed E-state index contributed by atoms with van der Waals surface area (Å²) in [7, 11) is 0. The third-order valence-corrected chi connectivity index (χ3v) is 4.14. The molecular weight excluding hydrogens is 314 g/mol. The van der Waals surface area contributed by atoms with E-state index in [-0.39, 0.29) is 0 Å². The molecule has 2 aromatic rings. The number of rotatable bonds is 1. The molecule has 0 saturated carbocycles. The van der Waals surface area contributed by atoms with Crippen LogP contribution in [0.2, 0.25) is 0 Å². The fourth-order valence-electron chi connectivity index (χ4n) is 2.65. The number of fused-ring (bicyclic) bond motifs is 1. The number of nitrogens with two attached hydrogens (primary N) is 1. The van der Waals surface area contributed by atoms with E-state index in [0.29, 0.717) is 5.56 Å². The molecule has 0 spiro atoms. The summed E-state index contributed by atoms with van der Waals surface area (Å²) in [5.41, 5.74) is 11.2. The quantitative estimate of drug-likeness (QED) is 0.816. The first-order valence-electron chi connectivity index (χ1n) is 6.49. The highest BCUT2D eigenvalue weighted by Gasteiger charge is 2.18. The standard InChI is InChI=1S/C16H14BrN3/c17-13-6-11(9-18)7-14(8-13)20-5-4-12-2-1-3-16(19)15(12)10-20/h1-3,6-8H,4-5,10,19H2. The average molecular weight is 328 g/mol. The highest BCUT2D eigenvalue weighted by molar-refractivity contribution is 9.10. The summed E-state index contributed by atoms with van der Waals surface area (Å²) < 4.78 is 0.929. The first-order valence-corrected chi connectivity index (χ1v) is 7.28. The van der Waals surface area contributed by atoms with Crippen LogP contribution in [0.3, 0.4) is 0 Å². The van der Waals surface area contributed by atoms with E-state index in [4.69, 9.17) is 11.0 Å². The van der Waals surface area contributed by atoms with Crippen LogP contribution in [0.25, 0.3) is 0 Å². The molecule has 100 valence electrons. The van der Waals surface area contributed by atoms with Gasteiger partial charge in [-0.2, -0.15) is 5.26 Å². The number of nitrogen functional groups attached to an aromatic ring is 1. The summed E-state index contributed by atoms with van der Waals surface area (Å²) >= 11 is 3.46. The first kappa shape index (κ1) is 13.0. The molecule has 1 aliphatic heterocycles. The lowest BCUT2D eigenvalue weighted by atomic mass is 9.97. The van der Waals surface area contributed by atoms with Crippen LogP contribution in [0.5, 0.6) is 0 Å². The van der Waals surface area contributed by atoms with Gasteiger partial charge >= 0.3 is 0 Å². The second-order valence-corrected chi connectivity index (χ2v) is 5.88. The maximum atomic E-state index is 9.08. The third kappa shape index (κ3) is 2.37. The minimum absolute atomic E-state index is 0.668. The second-order valence-electron chi connectivity index (χ2n) is 4.97. The van der Waals surface area contributed by atoms with E-state index < -0.39 is 0 Å². The molecule has 0 fully saturated rings. The molecule has 1 aliphatic rings. The van der Waals surface area contributed by atoms with Crippen molar-refractivity contribution in [2.24, 2.45) is 0 Å². The lowest BCUT2D eigenvalue weighted by Gasteiger charge is -2.31. The van der Waals surface area contributed by atoms with Gasteiger partial charge in [0.1, 0.15) is 0 Å². The number of benzene rings is 2. The minimum Gasteiger partial charge on any atom is -0.398 e. The van der Waals surface area contributed by atoms with Gasteiger partial charge in [0.25, 0.3) is 0 Å². The Morgan fingerprint density at radius 3 is 2.90 bits per heavy atom. The van der Waals surface area contributed by atoms with Crippen molar-refractivity contribution in [3.8, 4) is 6.07 Å². The van der Waals surface area contributed by atoms with E-state index in [1.807, 2.05) is 30.3 Å². The number of halogens is 1. The maximum Gasteiger partial charge on any atom is 0.0992 e. The number of nitrogens with zero attached hydrogens (tertiary/aromatic N) is 2. The Labute approximate surface area is 126 Å². The topological polar surface area (TPSA) is 53.0 Å². The van der Waals surface area contributed by atoms with Gasteiger partial charge in [-0.05, 0) is 41.8 Å². The molecule has 0 radical (unpaired) electrons. The van der Waals surface area contributed by atoms with Crippen molar-refractivity contribution in [1.29, 1.82) is 5.26 Å². The molecule has 3 rings (SSSR count). The SMILES string of the molecule is N#Cc1cc(Br)cc(N2CCc3cccc(N)c3C2)c1. The molecule has 0 aliphatic carbocycles. The van der Waals surface area contributed by atoms with Crippen LogP contribution in [0.1, 0.15) is 16.7 Å². The molecule has 2 N–H and O–H groups in total. The molecule has 0 atom stereocenters. The molecular formula is C16H14BrN3. The Balaban J connectivity index is 1.96. The van der Waals surface area contributed by atoms with E-state index in [2.05, 4.69) is 33.0 Å². The normalized spacial score (nSPS) is 13.7. The molecule has 0 amide bonds. The van der Waals surface area contributed by atoms with Gasteiger partial charge in [-0.15, -0.1) is 0 Å². The lowest BCUT2D eigenvalue weighted by molar-refractivity contribution is 0.733. The average Bonchev–Trinajstić information content (AvgIpc) is 2.46. The Bertz CT molecular complexity index is 703. The predicted molar refractivity (Wildman–Crippen MR) is 84.5 cm³/mol. The van der Waals surface area contributed by atoms with Crippen molar-refractivity contribution in [2.45, 2.75) is 13.0 Å². The number of hydrogen-bond donors (Lipinski definition) is 1. The van der Waals surface area contributed by atoms with E-state index in [9.17, 15) is 0 Å². The van der Waals surface area contributed by atoms with Crippen LogP contribution >= 0.6 is 15.9 Å². The van der Waals surface area contributed by atoms with Gasteiger partial charge < -0.3 is 10.6 Å². The van der Waals surface area contributed by atoms with Crippen LogP contribution in [-0.4, -0.2) is 6.54 Å². The second kappa shape index (κ2) is 5.18. The zero-order chi connectivity index (χ0) is 14.1. The Morgan fingerprint density at radius 2 is 2.10 bits per heavy atom. The van der Waals surface area contributed by atoms with E-state index in [1.165, 1.54) is 11.1 Å². The van der Waals surface area contributed by atoms with Crippen molar-refractivity contribution >= 4 is 27.3 Å². The van der Waals surface area contributed by atoms with E-state index in [0.717, 1.165) is 35.4 Å². The monoisotopic (exact) mass is 327 g/mol. The minimum atomic E-state index is 0.668. The van der Waals surface area contributed by atoms with Gasteiger partial charge in [-0.1, -0.05) is 28.1 Å². The van der Waals surface area contributed by atoms with Gasteiger partial charge in [0.15, 0.2) is 0 Å². The Hall–Kier alpha value is -1.99. The molecule has 0 unspecified atom stereocenters. The van der Waals surface area contributed by atoms with Crippen LogP contribution in [0.15, 0.2) is 40.9 Å². The van der Waals surface area contributed by atoms with Crippen LogP contribution in [0, 0.1) is 11.3 Å². The van der Waals surface area contributed by atoms with E-state index >= 15 is 0 Å². The summed E-state index contributed by atoms with van der Waals surface area (Å²) in [5, 5.41) is 9.08. The van der Waals surface area contributed by atoms with Crippen molar-refractivity contribution in [3.05, 3.63) is 57.6 Å². The lowest BCUT2D eigenvalue weighted by Crippen LogP contribution is -2.31. The zero-order valence-electron chi connectivity index (χ0n) is 10.9. The molecule has 2 aromatic carbocycles. The van der Waals surface area contributed by atoms with Gasteiger partial charge in [-0.25, -0.2) is 0 Å². The smallest absolute Gasteiger partial charge is 0.0992 e. The third-order valence-electron chi connectivity index (χ3n) is 3.69. The van der Waals surface area contributed by atoms with Crippen molar-refractivity contribution in [1.82, 2.24) is 0 Å². The van der Waals surface area contributed by atoms with Crippen LogP contribution in [-0.2, 0) is 13.0 Å². The number of nitriles is 1. The summed E-state index contributed by atoms with van der Waals surface area (Å²) in [6.07, 6.45) is 0.981. The molecule has 20 heavy (non-hydrogen) atoms. The summed E-state index contributed by atoms with van der Waals surface area (Å²) in [6.45, 7) is 1.74. The maximum absolute atomic E-state index is 9.08. The van der Waals surface area contributed by atoms with Gasteiger partial charge in [0.05, 0.1) is 11.6 Å². The van der Waals surface area contributed by atoms with Crippen molar-refractivity contribution in [2.75, 3.05) is 17.2 Å². The molecule has 1 heterocycles. The summed E-state index contributed by atoms with van der Waals surface area (Å²) in [4.78, 5) is 2.27. The molecule has 0 saturated heterocycles.